The van der Waals surface area contributed by atoms with Gasteiger partial charge in [-0.1, -0.05) is 13.8 Å². The molecular weight excluding hydrogens is 242 g/mol. The minimum absolute atomic E-state index is 0.0333. The lowest BCUT2D eigenvalue weighted by Crippen LogP contribution is -2.58. The molecule has 110 valence electrons. The Kier molecular flexibility index (Phi) is 5.19. The molecule has 19 heavy (non-hydrogen) atoms. The number of rotatable bonds is 4. The predicted octanol–water partition coefficient (Wildman–Crippen LogP) is 0.402. The van der Waals surface area contributed by atoms with Gasteiger partial charge in [0.05, 0.1) is 11.6 Å². The standard InChI is InChI=1S/C14H27N3O2/c1-3-14(4-2)9-11(5-8-19-14)17-13(18)12-10-15-6-7-16-12/h11-12,15-16H,3-10H2,1-2H3,(H,17,18). The quantitative estimate of drug-likeness (QED) is 0.691. The molecule has 5 heteroatoms. The SMILES string of the molecule is CCC1(CC)CC(NC(=O)C2CNCCN2)CCO1. The Labute approximate surface area is 115 Å². The van der Waals surface area contributed by atoms with Gasteiger partial charge in [0.1, 0.15) is 0 Å². The van der Waals surface area contributed by atoms with E-state index in [1.807, 2.05) is 0 Å². The van der Waals surface area contributed by atoms with Crippen LogP contribution in [0.4, 0.5) is 0 Å². The zero-order chi connectivity index (χ0) is 13.7. The Bertz CT molecular complexity index is 299. The monoisotopic (exact) mass is 269 g/mol. The Morgan fingerprint density at radius 1 is 1.37 bits per heavy atom. The molecule has 0 aromatic carbocycles. The van der Waals surface area contributed by atoms with E-state index in [4.69, 9.17) is 4.74 Å². The molecule has 2 aliphatic rings. The van der Waals surface area contributed by atoms with Crippen LogP contribution in [0.1, 0.15) is 39.5 Å². The Morgan fingerprint density at radius 3 is 2.79 bits per heavy atom. The highest BCUT2D eigenvalue weighted by molar-refractivity contribution is 5.82. The van der Waals surface area contributed by atoms with Crippen molar-refractivity contribution in [2.45, 2.75) is 57.2 Å². The maximum Gasteiger partial charge on any atom is 0.238 e. The summed E-state index contributed by atoms with van der Waals surface area (Å²) in [5, 5.41) is 9.69. The van der Waals surface area contributed by atoms with Gasteiger partial charge in [-0.15, -0.1) is 0 Å². The molecule has 3 N–H and O–H groups in total. The summed E-state index contributed by atoms with van der Waals surface area (Å²) in [6, 6.07) is 0.166. The molecule has 2 aliphatic heterocycles. The fraction of sp³-hybridized carbons (Fsp3) is 0.929. The van der Waals surface area contributed by atoms with Crippen LogP contribution in [0.3, 0.4) is 0 Å². The van der Waals surface area contributed by atoms with Crippen molar-refractivity contribution < 1.29 is 9.53 Å². The van der Waals surface area contributed by atoms with Crippen LogP contribution in [0.25, 0.3) is 0 Å². The van der Waals surface area contributed by atoms with Crippen LogP contribution in [-0.2, 0) is 9.53 Å². The summed E-state index contributed by atoms with van der Waals surface area (Å²) in [4.78, 5) is 12.2. The molecule has 2 atom stereocenters. The van der Waals surface area contributed by atoms with E-state index in [0.717, 1.165) is 51.9 Å². The van der Waals surface area contributed by atoms with Crippen molar-refractivity contribution in [3.8, 4) is 0 Å². The summed E-state index contributed by atoms with van der Waals surface area (Å²) >= 11 is 0. The molecule has 0 saturated carbocycles. The van der Waals surface area contributed by atoms with Crippen molar-refractivity contribution >= 4 is 5.91 Å². The van der Waals surface area contributed by atoms with Crippen LogP contribution in [0.2, 0.25) is 0 Å². The van der Waals surface area contributed by atoms with Gasteiger partial charge in [-0.3, -0.25) is 4.79 Å². The Morgan fingerprint density at radius 2 is 2.16 bits per heavy atom. The molecule has 2 unspecified atom stereocenters. The number of nitrogens with one attached hydrogen (secondary N) is 3. The van der Waals surface area contributed by atoms with Crippen LogP contribution in [0, 0.1) is 0 Å². The lowest BCUT2D eigenvalue weighted by Gasteiger charge is -2.40. The molecular formula is C14H27N3O2. The van der Waals surface area contributed by atoms with Gasteiger partial charge in [-0.2, -0.15) is 0 Å². The van der Waals surface area contributed by atoms with Crippen LogP contribution in [0.15, 0.2) is 0 Å². The molecule has 2 heterocycles. The zero-order valence-electron chi connectivity index (χ0n) is 12.1. The second-order valence-corrected chi connectivity index (χ2v) is 5.65. The van der Waals surface area contributed by atoms with Gasteiger partial charge in [0.25, 0.3) is 0 Å². The van der Waals surface area contributed by atoms with E-state index >= 15 is 0 Å². The molecule has 0 aromatic heterocycles. The molecule has 5 nitrogen and oxygen atoms in total. The molecule has 0 spiro atoms. The van der Waals surface area contributed by atoms with Gasteiger partial charge in [-0.05, 0) is 25.7 Å². The van der Waals surface area contributed by atoms with Gasteiger partial charge in [0.15, 0.2) is 0 Å². The summed E-state index contributed by atoms with van der Waals surface area (Å²) in [6.45, 7) is 7.61. The van der Waals surface area contributed by atoms with Gasteiger partial charge < -0.3 is 20.7 Å². The molecule has 2 rings (SSSR count). The van der Waals surface area contributed by atoms with Gasteiger partial charge in [0, 0.05) is 32.3 Å². The molecule has 2 saturated heterocycles. The summed E-state index contributed by atoms with van der Waals surface area (Å²) in [5.41, 5.74) is -0.0333. The molecule has 1 amide bonds. The van der Waals surface area contributed by atoms with Crippen LogP contribution in [0.5, 0.6) is 0 Å². The second-order valence-electron chi connectivity index (χ2n) is 5.65. The second kappa shape index (κ2) is 6.68. The van der Waals surface area contributed by atoms with Crippen LogP contribution >= 0.6 is 0 Å². The van der Waals surface area contributed by atoms with Crippen molar-refractivity contribution in [3.05, 3.63) is 0 Å². The summed E-state index contributed by atoms with van der Waals surface area (Å²) in [7, 11) is 0. The average Bonchev–Trinajstić information content (AvgIpc) is 2.48. The summed E-state index contributed by atoms with van der Waals surface area (Å²) < 4.78 is 5.94. The highest BCUT2D eigenvalue weighted by Crippen LogP contribution is 2.31. The zero-order valence-corrected chi connectivity index (χ0v) is 12.1. The first-order chi connectivity index (χ1) is 9.19. The van der Waals surface area contributed by atoms with Gasteiger partial charge >= 0.3 is 0 Å². The largest absolute Gasteiger partial charge is 0.375 e. The fourth-order valence-electron chi connectivity index (χ4n) is 3.03. The Balaban J connectivity index is 1.86. The minimum atomic E-state index is -0.0887. The van der Waals surface area contributed by atoms with Crippen molar-refractivity contribution in [2.75, 3.05) is 26.2 Å². The molecule has 2 fully saturated rings. The van der Waals surface area contributed by atoms with E-state index in [1.165, 1.54) is 0 Å². The van der Waals surface area contributed by atoms with Crippen molar-refractivity contribution in [2.24, 2.45) is 0 Å². The first-order valence-electron chi connectivity index (χ1n) is 7.57. The molecule has 0 aliphatic carbocycles. The number of hydrogen-bond donors (Lipinski definition) is 3. The minimum Gasteiger partial charge on any atom is -0.375 e. The summed E-state index contributed by atoms with van der Waals surface area (Å²) in [6.07, 6.45) is 3.89. The summed E-state index contributed by atoms with van der Waals surface area (Å²) in [5.74, 6) is 0.125. The van der Waals surface area contributed by atoms with Gasteiger partial charge in [-0.25, -0.2) is 0 Å². The first-order valence-corrected chi connectivity index (χ1v) is 7.57. The van der Waals surface area contributed by atoms with Crippen LogP contribution < -0.4 is 16.0 Å². The van der Waals surface area contributed by atoms with Crippen LogP contribution in [-0.4, -0.2) is 49.8 Å². The van der Waals surface area contributed by atoms with Crippen molar-refractivity contribution in [1.82, 2.24) is 16.0 Å². The van der Waals surface area contributed by atoms with E-state index in [2.05, 4.69) is 29.8 Å². The number of ether oxygens (including phenoxy) is 1. The molecule has 0 bridgehead atoms. The van der Waals surface area contributed by atoms with E-state index in [9.17, 15) is 4.79 Å². The third kappa shape index (κ3) is 3.68. The number of piperazine rings is 1. The van der Waals surface area contributed by atoms with Crippen molar-refractivity contribution in [3.63, 3.8) is 0 Å². The third-order valence-electron chi connectivity index (χ3n) is 4.49. The maximum absolute atomic E-state index is 12.2. The average molecular weight is 269 g/mol. The molecule has 0 aromatic rings. The number of hydrogen-bond acceptors (Lipinski definition) is 4. The Hall–Kier alpha value is -0.650. The van der Waals surface area contributed by atoms with E-state index < -0.39 is 0 Å². The predicted molar refractivity (Wildman–Crippen MR) is 75.1 cm³/mol. The lowest BCUT2D eigenvalue weighted by atomic mass is 9.86. The highest BCUT2D eigenvalue weighted by atomic mass is 16.5. The first kappa shape index (κ1) is 14.8. The smallest absolute Gasteiger partial charge is 0.238 e. The fourth-order valence-corrected chi connectivity index (χ4v) is 3.03. The van der Waals surface area contributed by atoms with E-state index in [-0.39, 0.29) is 23.6 Å². The molecule has 0 radical (unpaired) electrons. The normalized spacial score (nSPS) is 30.8. The highest BCUT2D eigenvalue weighted by Gasteiger charge is 2.35. The third-order valence-corrected chi connectivity index (χ3v) is 4.49. The number of carbonyl (C=O) groups is 1. The number of carbonyl (C=O) groups excluding carboxylic acids is 1. The van der Waals surface area contributed by atoms with Gasteiger partial charge in [0.2, 0.25) is 5.91 Å². The maximum atomic E-state index is 12.2. The van der Waals surface area contributed by atoms with Crippen molar-refractivity contribution in [1.29, 1.82) is 0 Å². The lowest BCUT2D eigenvalue weighted by molar-refractivity contribution is -0.128. The number of amides is 1. The topological polar surface area (TPSA) is 62.4 Å². The van der Waals surface area contributed by atoms with E-state index in [1.54, 1.807) is 0 Å². The van der Waals surface area contributed by atoms with E-state index in [0.29, 0.717) is 0 Å².